The molecular formula is C26H34N6O. The zero-order chi connectivity index (χ0) is 22.8. The van der Waals surface area contributed by atoms with Crippen molar-refractivity contribution in [3.8, 4) is 0 Å². The maximum Gasteiger partial charge on any atom is 0.315 e. The first-order chi connectivity index (χ1) is 16.1. The summed E-state index contributed by atoms with van der Waals surface area (Å²) < 4.78 is 4.18. The number of fused-ring (bicyclic) bond motifs is 1. The molecule has 0 aliphatic heterocycles. The lowest BCUT2D eigenvalue weighted by Gasteiger charge is -2.26. The largest absolute Gasteiger partial charge is 0.335 e. The minimum atomic E-state index is -0.154. The van der Waals surface area contributed by atoms with Crippen LogP contribution in [0.3, 0.4) is 0 Å². The molecule has 2 aromatic heterocycles. The summed E-state index contributed by atoms with van der Waals surface area (Å²) in [5.41, 5.74) is 5.87. The van der Waals surface area contributed by atoms with Gasteiger partial charge in [-0.25, -0.2) is 9.78 Å². The van der Waals surface area contributed by atoms with Gasteiger partial charge in [0.2, 0.25) is 0 Å². The first-order valence-corrected chi connectivity index (χ1v) is 12.2. The molecule has 1 fully saturated rings. The summed E-state index contributed by atoms with van der Waals surface area (Å²) in [6.45, 7) is 4.82. The molecule has 2 aliphatic rings. The highest BCUT2D eigenvalue weighted by molar-refractivity contribution is 5.75. The van der Waals surface area contributed by atoms with Crippen LogP contribution in [0.5, 0.6) is 0 Å². The standard InChI is InChI=1S/C26H34N6O/c1-18-10-11-22(19(2)14-18)24(16-31-13-12-27-17-31)29-26(33)28-23-9-5-6-20-15-32(30-25(20)23)21-7-3-4-8-21/h10-15,17,21,23-24H,3-9,16H2,1-2H3,(H2,28,29,33). The molecule has 0 radical (unpaired) electrons. The molecule has 2 N–H and O–H groups in total. The van der Waals surface area contributed by atoms with Gasteiger partial charge in [0, 0.05) is 25.1 Å². The predicted molar refractivity (Wildman–Crippen MR) is 128 cm³/mol. The Morgan fingerprint density at radius 1 is 1.18 bits per heavy atom. The number of hydrogen-bond acceptors (Lipinski definition) is 3. The van der Waals surface area contributed by atoms with Crippen LogP contribution in [0.2, 0.25) is 0 Å². The van der Waals surface area contributed by atoms with E-state index in [1.807, 2.05) is 10.8 Å². The number of nitrogens with zero attached hydrogens (tertiary/aromatic N) is 4. The predicted octanol–water partition coefficient (Wildman–Crippen LogP) is 4.93. The van der Waals surface area contributed by atoms with Crippen LogP contribution in [0, 0.1) is 13.8 Å². The molecule has 7 nitrogen and oxygen atoms in total. The Morgan fingerprint density at radius 2 is 2.03 bits per heavy atom. The van der Waals surface area contributed by atoms with E-state index in [4.69, 9.17) is 5.10 Å². The van der Waals surface area contributed by atoms with E-state index >= 15 is 0 Å². The summed E-state index contributed by atoms with van der Waals surface area (Å²) >= 11 is 0. The summed E-state index contributed by atoms with van der Waals surface area (Å²) in [6.07, 6.45) is 15.8. The molecule has 2 aliphatic carbocycles. The van der Waals surface area contributed by atoms with Gasteiger partial charge in [-0.1, -0.05) is 36.6 Å². The molecule has 2 heterocycles. The molecule has 1 aromatic carbocycles. The molecule has 33 heavy (non-hydrogen) atoms. The molecule has 3 aromatic rings. The van der Waals surface area contributed by atoms with Gasteiger partial charge in [-0.3, -0.25) is 4.68 Å². The Morgan fingerprint density at radius 3 is 2.79 bits per heavy atom. The van der Waals surface area contributed by atoms with Crippen LogP contribution in [0.25, 0.3) is 0 Å². The Kier molecular flexibility index (Phi) is 6.20. The van der Waals surface area contributed by atoms with Crippen molar-refractivity contribution in [2.45, 2.75) is 83.5 Å². The number of amides is 2. The van der Waals surface area contributed by atoms with E-state index in [2.05, 4.69) is 58.5 Å². The van der Waals surface area contributed by atoms with Gasteiger partial charge < -0.3 is 15.2 Å². The average molecular weight is 447 g/mol. The number of carbonyl (C=O) groups excluding carboxylic acids is 1. The van der Waals surface area contributed by atoms with E-state index in [0.717, 1.165) is 30.5 Å². The maximum atomic E-state index is 13.2. The lowest BCUT2D eigenvalue weighted by molar-refractivity contribution is 0.229. The summed E-state index contributed by atoms with van der Waals surface area (Å²) in [4.78, 5) is 17.4. The Labute approximate surface area is 195 Å². The fraction of sp³-hybridized carbons (Fsp3) is 0.500. The second kappa shape index (κ2) is 9.41. The molecular weight excluding hydrogens is 412 g/mol. The summed E-state index contributed by atoms with van der Waals surface area (Å²) in [5, 5.41) is 11.4. The van der Waals surface area contributed by atoms with E-state index in [0.29, 0.717) is 12.6 Å². The quantitative estimate of drug-likeness (QED) is 0.564. The van der Waals surface area contributed by atoms with Gasteiger partial charge in [0.05, 0.1) is 30.1 Å². The van der Waals surface area contributed by atoms with Crippen molar-refractivity contribution in [3.05, 3.63) is 71.1 Å². The van der Waals surface area contributed by atoms with Crippen LogP contribution < -0.4 is 10.6 Å². The number of benzene rings is 1. The van der Waals surface area contributed by atoms with E-state index in [1.54, 1.807) is 12.5 Å². The third-order valence-corrected chi connectivity index (χ3v) is 7.17. The summed E-state index contributed by atoms with van der Waals surface area (Å²) in [5.74, 6) is 0. The third-order valence-electron chi connectivity index (χ3n) is 7.17. The van der Waals surface area contributed by atoms with Gasteiger partial charge in [-0.2, -0.15) is 5.10 Å². The number of aromatic nitrogens is 4. The van der Waals surface area contributed by atoms with Crippen LogP contribution in [0.4, 0.5) is 4.79 Å². The number of rotatable bonds is 6. The molecule has 2 amide bonds. The molecule has 7 heteroatoms. The van der Waals surface area contributed by atoms with Crippen LogP contribution in [0.15, 0.2) is 43.1 Å². The molecule has 5 rings (SSSR count). The highest BCUT2D eigenvalue weighted by Crippen LogP contribution is 2.34. The number of imidazole rings is 1. The number of hydrogen-bond donors (Lipinski definition) is 2. The lowest BCUT2D eigenvalue weighted by Crippen LogP contribution is -2.42. The van der Waals surface area contributed by atoms with Crippen LogP contribution in [-0.2, 0) is 13.0 Å². The van der Waals surface area contributed by atoms with Crippen molar-refractivity contribution < 1.29 is 4.79 Å². The van der Waals surface area contributed by atoms with E-state index in [9.17, 15) is 4.79 Å². The van der Waals surface area contributed by atoms with Gasteiger partial charge in [0.15, 0.2) is 0 Å². The van der Waals surface area contributed by atoms with E-state index in [1.165, 1.54) is 42.4 Å². The van der Waals surface area contributed by atoms with Gasteiger partial charge >= 0.3 is 6.03 Å². The minimum absolute atomic E-state index is 0.0376. The number of nitrogens with one attached hydrogen (secondary N) is 2. The van der Waals surface area contributed by atoms with Crippen molar-refractivity contribution in [3.63, 3.8) is 0 Å². The van der Waals surface area contributed by atoms with Crippen LogP contribution >= 0.6 is 0 Å². The monoisotopic (exact) mass is 446 g/mol. The van der Waals surface area contributed by atoms with Crippen LogP contribution in [0.1, 0.15) is 84.6 Å². The van der Waals surface area contributed by atoms with Crippen molar-refractivity contribution in [2.75, 3.05) is 0 Å². The smallest absolute Gasteiger partial charge is 0.315 e. The van der Waals surface area contributed by atoms with Gasteiger partial charge in [-0.05, 0) is 62.6 Å². The summed E-state index contributed by atoms with van der Waals surface area (Å²) in [7, 11) is 0. The second-order valence-corrected chi connectivity index (χ2v) is 9.69. The van der Waals surface area contributed by atoms with Gasteiger partial charge in [0.1, 0.15) is 0 Å². The highest BCUT2D eigenvalue weighted by Gasteiger charge is 2.28. The van der Waals surface area contributed by atoms with Crippen molar-refractivity contribution in [1.82, 2.24) is 30.0 Å². The molecule has 2 atom stereocenters. The maximum absolute atomic E-state index is 13.2. The van der Waals surface area contributed by atoms with Crippen LogP contribution in [-0.4, -0.2) is 25.4 Å². The normalized spacial score (nSPS) is 19.3. The summed E-state index contributed by atoms with van der Waals surface area (Å²) in [6, 6.07) is 6.57. The zero-order valence-electron chi connectivity index (χ0n) is 19.6. The van der Waals surface area contributed by atoms with Crippen molar-refractivity contribution in [2.24, 2.45) is 0 Å². The molecule has 174 valence electrons. The number of aryl methyl sites for hydroxylation is 3. The number of carbonyl (C=O) groups is 1. The first-order valence-electron chi connectivity index (χ1n) is 12.2. The first kappa shape index (κ1) is 21.7. The Bertz CT molecular complexity index is 1100. The van der Waals surface area contributed by atoms with E-state index in [-0.39, 0.29) is 18.1 Å². The Balaban J connectivity index is 1.32. The van der Waals surface area contributed by atoms with Gasteiger partial charge in [0.25, 0.3) is 0 Å². The average Bonchev–Trinajstić information content (AvgIpc) is 3.55. The fourth-order valence-electron chi connectivity index (χ4n) is 5.46. The highest BCUT2D eigenvalue weighted by atomic mass is 16.2. The zero-order valence-corrected chi connectivity index (χ0v) is 19.6. The van der Waals surface area contributed by atoms with E-state index < -0.39 is 0 Å². The van der Waals surface area contributed by atoms with Gasteiger partial charge in [-0.15, -0.1) is 0 Å². The van der Waals surface area contributed by atoms with Crippen molar-refractivity contribution in [1.29, 1.82) is 0 Å². The second-order valence-electron chi connectivity index (χ2n) is 9.69. The molecule has 0 bridgehead atoms. The van der Waals surface area contributed by atoms with Crippen molar-refractivity contribution >= 4 is 6.03 Å². The molecule has 0 saturated heterocycles. The fourth-order valence-corrected chi connectivity index (χ4v) is 5.46. The molecule has 1 saturated carbocycles. The SMILES string of the molecule is Cc1ccc(C(Cn2ccnc2)NC(=O)NC2CCCc3cn(C4CCCC4)nc32)c(C)c1. The lowest BCUT2D eigenvalue weighted by atomic mass is 9.94. The minimum Gasteiger partial charge on any atom is -0.335 e. The topological polar surface area (TPSA) is 76.8 Å². The molecule has 0 spiro atoms. The number of urea groups is 1. The Hall–Kier alpha value is -3.09. The molecule has 2 unspecified atom stereocenters. The third kappa shape index (κ3) is 4.82.